The highest BCUT2D eigenvalue weighted by molar-refractivity contribution is 5.98. The number of nitrogens with zero attached hydrogens (tertiary/aromatic N) is 4. The Balaban J connectivity index is 1.34. The number of morpholine rings is 1. The number of anilines is 1. The van der Waals surface area contributed by atoms with E-state index in [1.807, 2.05) is 28.9 Å². The molecule has 3 aromatic rings. The van der Waals surface area contributed by atoms with E-state index in [-0.39, 0.29) is 25.0 Å². The first-order valence-electron chi connectivity index (χ1n) is 10.8. The summed E-state index contributed by atoms with van der Waals surface area (Å²) in [4.78, 5) is 32.0. The van der Waals surface area contributed by atoms with E-state index in [2.05, 4.69) is 20.6 Å². The van der Waals surface area contributed by atoms with Crippen molar-refractivity contribution in [3.05, 3.63) is 36.2 Å². The average molecular weight is 435 g/mol. The number of ether oxygens (including phenoxy) is 1. The summed E-state index contributed by atoms with van der Waals surface area (Å²) in [5, 5.41) is 11.1. The first-order valence-corrected chi connectivity index (χ1v) is 10.8. The van der Waals surface area contributed by atoms with Gasteiger partial charge in [-0.2, -0.15) is 5.10 Å². The van der Waals surface area contributed by atoms with E-state index >= 15 is 0 Å². The van der Waals surface area contributed by atoms with Crippen LogP contribution in [0.15, 0.2) is 30.6 Å². The molecule has 2 aliphatic rings. The van der Waals surface area contributed by atoms with Crippen LogP contribution < -0.4 is 16.4 Å². The van der Waals surface area contributed by atoms with Gasteiger partial charge < -0.3 is 21.1 Å². The fourth-order valence-electron chi connectivity index (χ4n) is 4.35. The number of amides is 2. The van der Waals surface area contributed by atoms with Gasteiger partial charge in [-0.25, -0.2) is 14.6 Å². The standard InChI is InChI=1S/C22H25N7O3/c23-20-18-19(28-29(15-3-1-2-4-15)21(18)27-12-26-20)14-7-5-13(6-8-14)9-25-22(31)16-10-24-17(30)11-32-16/h5-8,12,15-16H,1-4,9-11H2,(H,24,30)(H,25,31)(H2,23,26,27). The number of carbonyl (C=O) groups excluding carboxylic acids is 2. The van der Waals surface area contributed by atoms with Gasteiger partial charge in [0.25, 0.3) is 5.91 Å². The van der Waals surface area contributed by atoms with E-state index in [4.69, 9.17) is 15.6 Å². The topological polar surface area (TPSA) is 137 Å². The van der Waals surface area contributed by atoms with Crippen molar-refractivity contribution in [3.63, 3.8) is 0 Å². The lowest BCUT2D eigenvalue weighted by Gasteiger charge is -2.22. The third kappa shape index (κ3) is 3.89. The zero-order valence-corrected chi connectivity index (χ0v) is 17.6. The molecule has 0 radical (unpaired) electrons. The van der Waals surface area contributed by atoms with Crippen molar-refractivity contribution in [1.82, 2.24) is 30.4 Å². The van der Waals surface area contributed by atoms with E-state index in [1.165, 1.54) is 19.2 Å². The first-order chi connectivity index (χ1) is 15.6. The van der Waals surface area contributed by atoms with Crippen molar-refractivity contribution < 1.29 is 14.3 Å². The number of benzene rings is 1. The quantitative estimate of drug-likeness (QED) is 0.550. The SMILES string of the molecule is Nc1ncnc2c1c(-c1ccc(CNC(=O)C3CNC(=O)CO3)cc1)nn2C1CCCC1. The summed E-state index contributed by atoms with van der Waals surface area (Å²) < 4.78 is 7.26. The predicted molar refractivity (Wildman–Crippen MR) is 117 cm³/mol. The molecule has 2 fully saturated rings. The number of nitrogens with one attached hydrogen (secondary N) is 2. The maximum absolute atomic E-state index is 12.3. The second kappa shape index (κ2) is 8.54. The summed E-state index contributed by atoms with van der Waals surface area (Å²) in [6.45, 7) is 0.445. The summed E-state index contributed by atoms with van der Waals surface area (Å²) in [7, 11) is 0. The highest BCUT2D eigenvalue weighted by Gasteiger charge is 2.26. The molecule has 2 aromatic heterocycles. The van der Waals surface area contributed by atoms with Crippen LogP contribution in [0.3, 0.4) is 0 Å². The van der Waals surface area contributed by atoms with Crippen LogP contribution >= 0.6 is 0 Å². The zero-order chi connectivity index (χ0) is 22.1. The van der Waals surface area contributed by atoms with Crippen LogP contribution in [0.25, 0.3) is 22.3 Å². The van der Waals surface area contributed by atoms with E-state index in [0.29, 0.717) is 18.4 Å². The molecule has 1 saturated heterocycles. The molecule has 5 rings (SSSR count). The van der Waals surface area contributed by atoms with Gasteiger partial charge in [-0.3, -0.25) is 9.59 Å². The number of hydrogen-bond donors (Lipinski definition) is 3. The van der Waals surface area contributed by atoms with Gasteiger partial charge in [0, 0.05) is 12.1 Å². The van der Waals surface area contributed by atoms with Crippen LogP contribution in [0.1, 0.15) is 37.3 Å². The van der Waals surface area contributed by atoms with Crippen molar-refractivity contribution in [1.29, 1.82) is 0 Å². The fraction of sp³-hybridized carbons (Fsp3) is 0.409. The lowest BCUT2D eigenvalue weighted by molar-refractivity contribution is -0.143. The highest BCUT2D eigenvalue weighted by Crippen LogP contribution is 2.36. The number of carbonyl (C=O) groups is 2. The fourth-order valence-corrected chi connectivity index (χ4v) is 4.35. The summed E-state index contributed by atoms with van der Waals surface area (Å²) in [5.41, 5.74) is 9.60. The number of rotatable bonds is 5. The Morgan fingerprint density at radius 2 is 2.00 bits per heavy atom. The molecule has 1 atom stereocenters. The largest absolute Gasteiger partial charge is 0.383 e. The Morgan fingerprint density at radius 1 is 1.22 bits per heavy atom. The van der Waals surface area contributed by atoms with Crippen molar-refractivity contribution in [3.8, 4) is 11.3 Å². The van der Waals surface area contributed by atoms with Crippen molar-refractivity contribution in [2.24, 2.45) is 0 Å². The normalized spacial score (nSPS) is 19.2. The van der Waals surface area contributed by atoms with E-state index in [9.17, 15) is 9.59 Å². The zero-order valence-electron chi connectivity index (χ0n) is 17.6. The number of nitrogens with two attached hydrogens (primary N) is 1. The summed E-state index contributed by atoms with van der Waals surface area (Å²) in [6.07, 6.45) is 5.39. The van der Waals surface area contributed by atoms with Gasteiger partial charge in [-0.15, -0.1) is 0 Å². The van der Waals surface area contributed by atoms with E-state index < -0.39 is 6.10 Å². The highest BCUT2D eigenvalue weighted by atomic mass is 16.5. The second-order valence-corrected chi connectivity index (χ2v) is 8.21. The summed E-state index contributed by atoms with van der Waals surface area (Å²) in [5.74, 6) is -0.0379. The minimum atomic E-state index is -0.666. The van der Waals surface area contributed by atoms with Crippen LogP contribution in [0.5, 0.6) is 0 Å². The minimum absolute atomic E-state index is 0.0961. The third-order valence-electron chi connectivity index (χ3n) is 6.08. The Hall–Kier alpha value is -3.53. The Labute approximate surface area is 184 Å². The molecular weight excluding hydrogens is 410 g/mol. The number of nitrogen functional groups attached to an aromatic ring is 1. The molecule has 1 aliphatic carbocycles. The number of hydrogen-bond acceptors (Lipinski definition) is 7. The van der Waals surface area contributed by atoms with Crippen LogP contribution in [-0.4, -0.2) is 50.8 Å². The molecule has 1 saturated carbocycles. The Bertz CT molecular complexity index is 1140. The number of aromatic nitrogens is 4. The van der Waals surface area contributed by atoms with Crippen LogP contribution in [0, 0.1) is 0 Å². The molecule has 32 heavy (non-hydrogen) atoms. The van der Waals surface area contributed by atoms with Gasteiger partial charge in [-0.05, 0) is 18.4 Å². The second-order valence-electron chi connectivity index (χ2n) is 8.21. The van der Waals surface area contributed by atoms with Gasteiger partial charge in [0.1, 0.15) is 24.4 Å². The van der Waals surface area contributed by atoms with E-state index in [0.717, 1.165) is 40.7 Å². The third-order valence-corrected chi connectivity index (χ3v) is 6.08. The molecule has 0 bridgehead atoms. The van der Waals surface area contributed by atoms with Crippen LogP contribution in [0.2, 0.25) is 0 Å². The van der Waals surface area contributed by atoms with Crippen molar-refractivity contribution >= 4 is 28.7 Å². The lowest BCUT2D eigenvalue weighted by Crippen LogP contribution is -2.50. The molecule has 10 heteroatoms. The molecule has 4 N–H and O–H groups in total. The lowest BCUT2D eigenvalue weighted by atomic mass is 10.1. The Morgan fingerprint density at radius 3 is 2.72 bits per heavy atom. The van der Waals surface area contributed by atoms with E-state index in [1.54, 1.807) is 0 Å². The molecule has 1 aromatic carbocycles. The molecular formula is C22H25N7O3. The predicted octanol–water partition coefficient (Wildman–Crippen LogP) is 1.32. The maximum atomic E-state index is 12.3. The van der Waals surface area contributed by atoms with Crippen molar-refractivity contribution in [2.45, 2.75) is 44.4 Å². The molecule has 166 valence electrons. The van der Waals surface area contributed by atoms with Gasteiger partial charge in [0.05, 0.1) is 18.0 Å². The molecule has 3 heterocycles. The maximum Gasteiger partial charge on any atom is 0.251 e. The van der Waals surface area contributed by atoms with Gasteiger partial charge >= 0.3 is 0 Å². The Kier molecular flexibility index (Phi) is 5.44. The average Bonchev–Trinajstić information content (AvgIpc) is 3.47. The molecule has 0 spiro atoms. The van der Waals surface area contributed by atoms with Gasteiger partial charge in [-0.1, -0.05) is 37.1 Å². The van der Waals surface area contributed by atoms with Crippen LogP contribution in [-0.2, 0) is 20.9 Å². The summed E-state index contributed by atoms with van der Waals surface area (Å²) >= 11 is 0. The van der Waals surface area contributed by atoms with Gasteiger partial charge in [0.15, 0.2) is 11.8 Å². The molecule has 1 aliphatic heterocycles. The molecule has 2 amide bonds. The first kappa shape index (κ1) is 20.4. The van der Waals surface area contributed by atoms with Crippen LogP contribution in [0.4, 0.5) is 5.82 Å². The summed E-state index contributed by atoms with van der Waals surface area (Å²) in [6, 6.07) is 8.15. The van der Waals surface area contributed by atoms with Gasteiger partial charge in [0.2, 0.25) is 5.91 Å². The monoisotopic (exact) mass is 435 g/mol. The number of fused-ring (bicyclic) bond motifs is 1. The molecule has 10 nitrogen and oxygen atoms in total. The minimum Gasteiger partial charge on any atom is -0.383 e. The van der Waals surface area contributed by atoms with Crippen molar-refractivity contribution in [2.75, 3.05) is 18.9 Å². The molecule has 1 unspecified atom stereocenters. The smallest absolute Gasteiger partial charge is 0.251 e.